The third-order valence-corrected chi connectivity index (χ3v) is 4.78. The molecule has 3 rings (SSSR count). The van der Waals surface area contributed by atoms with E-state index < -0.39 is 0 Å². The van der Waals surface area contributed by atoms with Gasteiger partial charge >= 0.3 is 0 Å². The molecule has 0 aromatic rings. The lowest BCUT2D eigenvalue weighted by molar-refractivity contribution is -0.0296. The van der Waals surface area contributed by atoms with Crippen LogP contribution >= 0.6 is 0 Å². The average Bonchev–Trinajstić information content (AvgIpc) is 3.28. The molecule has 2 saturated heterocycles. The average molecular weight is 282 g/mol. The Labute approximate surface area is 123 Å². The SMILES string of the molecule is C[C@H]1CN(CCN2CCC[C@@H](OCC3CC3)C2)CCO1. The molecule has 0 N–H and O–H groups in total. The second-order valence-electron chi connectivity index (χ2n) is 6.82. The van der Waals surface area contributed by atoms with E-state index in [1.807, 2.05) is 0 Å². The van der Waals surface area contributed by atoms with Crippen LogP contribution in [-0.4, -0.2) is 74.5 Å². The van der Waals surface area contributed by atoms with Crippen molar-refractivity contribution in [1.29, 1.82) is 0 Å². The highest BCUT2D eigenvalue weighted by molar-refractivity contribution is 4.78. The quantitative estimate of drug-likeness (QED) is 0.739. The first-order chi connectivity index (χ1) is 9.79. The van der Waals surface area contributed by atoms with E-state index in [0.29, 0.717) is 12.2 Å². The van der Waals surface area contributed by atoms with Crippen LogP contribution in [0.4, 0.5) is 0 Å². The molecule has 0 aromatic carbocycles. The largest absolute Gasteiger partial charge is 0.377 e. The van der Waals surface area contributed by atoms with Crippen LogP contribution in [0.3, 0.4) is 0 Å². The summed E-state index contributed by atoms with van der Waals surface area (Å²) in [6, 6.07) is 0. The maximum absolute atomic E-state index is 6.07. The van der Waals surface area contributed by atoms with Crippen LogP contribution in [0.25, 0.3) is 0 Å². The first-order valence-electron chi connectivity index (χ1n) is 8.47. The summed E-state index contributed by atoms with van der Waals surface area (Å²) in [5.74, 6) is 0.889. The highest BCUT2D eigenvalue weighted by atomic mass is 16.5. The lowest BCUT2D eigenvalue weighted by Gasteiger charge is -2.36. The number of ether oxygens (including phenoxy) is 2. The van der Waals surface area contributed by atoms with Crippen molar-refractivity contribution in [3.63, 3.8) is 0 Å². The molecular weight excluding hydrogens is 252 g/mol. The smallest absolute Gasteiger partial charge is 0.0702 e. The monoisotopic (exact) mass is 282 g/mol. The number of piperidine rings is 1. The van der Waals surface area contributed by atoms with Gasteiger partial charge < -0.3 is 9.47 Å². The predicted molar refractivity (Wildman–Crippen MR) is 80.0 cm³/mol. The van der Waals surface area contributed by atoms with E-state index >= 15 is 0 Å². The van der Waals surface area contributed by atoms with Gasteiger partial charge in [-0.15, -0.1) is 0 Å². The molecule has 2 heterocycles. The van der Waals surface area contributed by atoms with E-state index in [2.05, 4.69) is 16.7 Å². The maximum atomic E-state index is 6.07. The maximum Gasteiger partial charge on any atom is 0.0702 e. The third-order valence-electron chi connectivity index (χ3n) is 4.78. The molecule has 3 aliphatic rings. The Hall–Kier alpha value is -0.160. The Kier molecular flexibility index (Phi) is 5.32. The summed E-state index contributed by atoms with van der Waals surface area (Å²) in [7, 11) is 0. The number of likely N-dealkylation sites (tertiary alicyclic amines) is 1. The number of hydrogen-bond acceptors (Lipinski definition) is 4. The van der Waals surface area contributed by atoms with Gasteiger partial charge in [0.1, 0.15) is 0 Å². The molecule has 3 fully saturated rings. The van der Waals surface area contributed by atoms with Gasteiger partial charge in [-0.1, -0.05) is 0 Å². The molecule has 2 aliphatic heterocycles. The van der Waals surface area contributed by atoms with Crippen LogP contribution in [0.2, 0.25) is 0 Å². The van der Waals surface area contributed by atoms with E-state index in [1.165, 1.54) is 45.3 Å². The highest BCUT2D eigenvalue weighted by Gasteiger charge is 2.26. The molecule has 0 spiro atoms. The molecule has 20 heavy (non-hydrogen) atoms. The molecule has 2 atom stereocenters. The zero-order valence-corrected chi connectivity index (χ0v) is 12.9. The Morgan fingerprint density at radius 2 is 1.85 bits per heavy atom. The van der Waals surface area contributed by atoms with Gasteiger partial charge in [-0.2, -0.15) is 0 Å². The highest BCUT2D eigenvalue weighted by Crippen LogP contribution is 2.29. The van der Waals surface area contributed by atoms with E-state index in [9.17, 15) is 0 Å². The summed E-state index contributed by atoms with van der Waals surface area (Å²) in [5.41, 5.74) is 0. The lowest BCUT2D eigenvalue weighted by atomic mass is 10.1. The van der Waals surface area contributed by atoms with Gasteiger partial charge in [0.05, 0.1) is 18.8 Å². The molecule has 0 amide bonds. The summed E-state index contributed by atoms with van der Waals surface area (Å²) in [6.45, 7) is 11.0. The standard InChI is InChI=1S/C16H30N2O2/c1-14-11-18(9-10-19-14)8-7-17-6-2-3-16(12-17)20-13-15-4-5-15/h14-16H,2-13H2,1H3/t14-,16+/m0/s1. The molecule has 0 radical (unpaired) electrons. The van der Waals surface area contributed by atoms with Crippen molar-refractivity contribution < 1.29 is 9.47 Å². The summed E-state index contributed by atoms with van der Waals surface area (Å²) in [6.07, 6.45) is 6.25. The molecular formula is C16H30N2O2. The van der Waals surface area contributed by atoms with Crippen LogP contribution in [0, 0.1) is 5.92 Å². The minimum absolute atomic E-state index is 0.403. The van der Waals surface area contributed by atoms with Gasteiger partial charge in [0.15, 0.2) is 0 Å². The van der Waals surface area contributed by atoms with Crippen LogP contribution < -0.4 is 0 Å². The number of morpholine rings is 1. The zero-order chi connectivity index (χ0) is 13.8. The van der Waals surface area contributed by atoms with Gasteiger partial charge in [-0.05, 0) is 45.1 Å². The fourth-order valence-electron chi connectivity index (χ4n) is 3.29. The van der Waals surface area contributed by atoms with Crippen LogP contribution in [-0.2, 0) is 9.47 Å². The van der Waals surface area contributed by atoms with Crippen molar-refractivity contribution >= 4 is 0 Å². The van der Waals surface area contributed by atoms with Crippen LogP contribution in [0.1, 0.15) is 32.6 Å². The number of nitrogens with zero attached hydrogens (tertiary/aromatic N) is 2. The van der Waals surface area contributed by atoms with Crippen LogP contribution in [0.5, 0.6) is 0 Å². The lowest BCUT2D eigenvalue weighted by Crippen LogP contribution is -2.47. The van der Waals surface area contributed by atoms with Crippen molar-refractivity contribution in [3.8, 4) is 0 Å². The molecule has 116 valence electrons. The first-order valence-corrected chi connectivity index (χ1v) is 8.47. The molecule has 4 heteroatoms. The van der Waals surface area contributed by atoms with Crippen LogP contribution in [0.15, 0.2) is 0 Å². The van der Waals surface area contributed by atoms with E-state index in [-0.39, 0.29) is 0 Å². The van der Waals surface area contributed by atoms with Crippen molar-refractivity contribution in [1.82, 2.24) is 9.80 Å². The Bertz CT molecular complexity index is 296. The van der Waals surface area contributed by atoms with E-state index in [4.69, 9.17) is 9.47 Å². The minimum atomic E-state index is 0.403. The predicted octanol–water partition coefficient (Wildman–Crippen LogP) is 1.60. The van der Waals surface area contributed by atoms with E-state index in [1.54, 1.807) is 0 Å². The number of rotatable bonds is 6. The van der Waals surface area contributed by atoms with Gasteiger partial charge in [0, 0.05) is 39.3 Å². The van der Waals surface area contributed by atoms with Crippen molar-refractivity contribution in [2.45, 2.75) is 44.8 Å². The fourth-order valence-corrected chi connectivity index (χ4v) is 3.29. The van der Waals surface area contributed by atoms with Gasteiger partial charge in [0.2, 0.25) is 0 Å². The van der Waals surface area contributed by atoms with Crippen molar-refractivity contribution in [2.24, 2.45) is 5.92 Å². The van der Waals surface area contributed by atoms with E-state index in [0.717, 1.165) is 38.8 Å². The van der Waals surface area contributed by atoms with Crippen molar-refractivity contribution in [3.05, 3.63) is 0 Å². The molecule has 1 aliphatic carbocycles. The summed E-state index contributed by atoms with van der Waals surface area (Å²) < 4.78 is 11.7. The Morgan fingerprint density at radius 1 is 1.05 bits per heavy atom. The fraction of sp³-hybridized carbons (Fsp3) is 1.00. The molecule has 1 saturated carbocycles. The number of hydrogen-bond donors (Lipinski definition) is 0. The summed E-state index contributed by atoms with van der Waals surface area (Å²) >= 11 is 0. The summed E-state index contributed by atoms with van der Waals surface area (Å²) in [5, 5.41) is 0. The van der Waals surface area contributed by atoms with Gasteiger partial charge in [0.25, 0.3) is 0 Å². The second-order valence-corrected chi connectivity index (χ2v) is 6.82. The Balaban J connectivity index is 1.33. The topological polar surface area (TPSA) is 24.9 Å². The molecule has 4 nitrogen and oxygen atoms in total. The van der Waals surface area contributed by atoms with Gasteiger partial charge in [-0.3, -0.25) is 9.80 Å². The zero-order valence-electron chi connectivity index (χ0n) is 12.9. The van der Waals surface area contributed by atoms with Gasteiger partial charge in [-0.25, -0.2) is 0 Å². The van der Waals surface area contributed by atoms with Crippen molar-refractivity contribution in [2.75, 3.05) is 52.5 Å². The molecule has 0 bridgehead atoms. The third kappa shape index (κ3) is 4.69. The summed E-state index contributed by atoms with van der Waals surface area (Å²) in [4.78, 5) is 5.14. The first kappa shape index (κ1) is 14.8. The molecule has 0 aromatic heterocycles. The second kappa shape index (κ2) is 7.21. The normalized spacial score (nSPS) is 33.5. The minimum Gasteiger partial charge on any atom is -0.377 e. The Morgan fingerprint density at radius 3 is 2.60 bits per heavy atom. The molecule has 0 unspecified atom stereocenters.